The van der Waals surface area contributed by atoms with Gasteiger partial charge in [-0.15, -0.1) is 0 Å². The van der Waals surface area contributed by atoms with E-state index in [1.807, 2.05) is 28.7 Å². The number of halogens is 1. The molecule has 2 aromatic rings. The van der Waals surface area contributed by atoms with E-state index in [2.05, 4.69) is 26.0 Å². The summed E-state index contributed by atoms with van der Waals surface area (Å²) in [5.74, 6) is 0.996. The van der Waals surface area contributed by atoms with E-state index in [1.165, 1.54) is 0 Å². The highest BCUT2D eigenvalue weighted by molar-refractivity contribution is 9.10. The van der Waals surface area contributed by atoms with Crippen molar-refractivity contribution in [2.75, 3.05) is 0 Å². The predicted octanol–water partition coefficient (Wildman–Crippen LogP) is 1.43. The van der Waals surface area contributed by atoms with Crippen LogP contribution in [0.3, 0.4) is 0 Å². The zero-order valence-electron chi connectivity index (χ0n) is 7.18. The Bertz CT molecular complexity index is 404. The number of hydrogen-bond acceptors (Lipinski definition) is 2. The van der Waals surface area contributed by atoms with Crippen LogP contribution < -0.4 is 0 Å². The molecule has 68 valence electrons. The van der Waals surface area contributed by atoms with Gasteiger partial charge in [0.1, 0.15) is 5.82 Å². The molecule has 0 aliphatic rings. The third-order valence-electron chi connectivity index (χ3n) is 1.83. The molecule has 0 aliphatic carbocycles. The van der Waals surface area contributed by atoms with Crippen LogP contribution in [0, 0.1) is 0 Å². The lowest BCUT2D eigenvalue weighted by Gasteiger charge is -2.00. The van der Waals surface area contributed by atoms with Crippen molar-refractivity contribution in [3.63, 3.8) is 0 Å². The van der Waals surface area contributed by atoms with E-state index in [0.717, 1.165) is 10.3 Å². The highest BCUT2D eigenvalue weighted by Gasteiger charge is 2.00. The van der Waals surface area contributed by atoms with Crippen molar-refractivity contribution in [1.82, 2.24) is 19.3 Å². The summed E-state index contributed by atoms with van der Waals surface area (Å²) in [5.41, 5.74) is 0. The molecule has 0 spiro atoms. The van der Waals surface area contributed by atoms with Crippen LogP contribution in [0.25, 0.3) is 0 Å². The zero-order chi connectivity index (χ0) is 9.26. The fourth-order valence-corrected chi connectivity index (χ4v) is 1.45. The molecule has 0 bridgehead atoms. The monoisotopic (exact) mass is 240 g/mol. The molecule has 0 saturated heterocycles. The molecule has 0 aromatic carbocycles. The molecule has 2 rings (SSSR count). The summed E-state index contributed by atoms with van der Waals surface area (Å²) in [6.45, 7) is 0.703. The Balaban J connectivity index is 2.19. The van der Waals surface area contributed by atoms with Gasteiger partial charge in [-0.05, 0) is 15.9 Å². The molecular weight excluding hydrogens is 232 g/mol. The van der Waals surface area contributed by atoms with Crippen molar-refractivity contribution in [3.05, 3.63) is 35.1 Å². The van der Waals surface area contributed by atoms with Crippen molar-refractivity contribution >= 4 is 15.9 Å². The Morgan fingerprint density at radius 3 is 2.92 bits per heavy atom. The van der Waals surface area contributed by atoms with E-state index in [4.69, 9.17) is 0 Å². The number of hydrogen-bond donors (Lipinski definition) is 0. The van der Waals surface area contributed by atoms with E-state index < -0.39 is 0 Å². The maximum Gasteiger partial charge on any atom is 0.130 e. The van der Waals surface area contributed by atoms with Gasteiger partial charge in [-0.2, -0.15) is 5.10 Å². The largest absolute Gasteiger partial charge is 0.336 e. The molecule has 0 N–H and O–H groups in total. The second-order valence-corrected chi connectivity index (χ2v) is 3.73. The van der Waals surface area contributed by atoms with E-state index in [9.17, 15) is 0 Å². The van der Waals surface area contributed by atoms with Crippen LogP contribution in [-0.4, -0.2) is 19.3 Å². The van der Waals surface area contributed by atoms with Gasteiger partial charge >= 0.3 is 0 Å². The standard InChI is InChI=1S/C8H9BrN4/c1-12-3-2-10-8(12)6-13-5-7(9)4-11-13/h2-5H,6H2,1H3. The highest BCUT2D eigenvalue weighted by atomic mass is 79.9. The summed E-state index contributed by atoms with van der Waals surface area (Å²) >= 11 is 3.34. The van der Waals surface area contributed by atoms with Gasteiger partial charge in [-0.3, -0.25) is 4.68 Å². The number of aryl methyl sites for hydroxylation is 1. The van der Waals surface area contributed by atoms with Gasteiger partial charge in [0.2, 0.25) is 0 Å². The van der Waals surface area contributed by atoms with E-state index in [0.29, 0.717) is 6.54 Å². The topological polar surface area (TPSA) is 35.6 Å². The van der Waals surface area contributed by atoms with Crippen LogP contribution >= 0.6 is 15.9 Å². The van der Waals surface area contributed by atoms with Gasteiger partial charge in [0.05, 0.1) is 17.2 Å². The Morgan fingerprint density at radius 2 is 2.38 bits per heavy atom. The molecular formula is C8H9BrN4. The van der Waals surface area contributed by atoms with Crippen molar-refractivity contribution in [2.45, 2.75) is 6.54 Å². The molecule has 0 unspecified atom stereocenters. The van der Waals surface area contributed by atoms with Gasteiger partial charge in [0, 0.05) is 25.6 Å². The van der Waals surface area contributed by atoms with Crippen molar-refractivity contribution in [1.29, 1.82) is 0 Å². The number of imidazole rings is 1. The Morgan fingerprint density at radius 1 is 1.54 bits per heavy atom. The lowest BCUT2D eigenvalue weighted by Crippen LogP contribution is -2.05. The molecule has 0 atom stereocenters. The second-order valence-electron chi connectivity index (χ2n) is 2.81. The first-order chi connectivity index (χ1) is 6.25. The molecule has 0 radical (unpaired) electrons. The fraction of sp³-hybridized carbons (Fsp3) is 0.250. The molecule has 4 nitrogen and oxygen atoms in total. The average molecular weight is 241 g/mol. The molecule has 0 saturated carbocycles. The predicted molar refractivity (Wildman–Crippen MR) is 52.2 cm³/mol. The third kappa shape index (κ3) is 1.80. The lowest BCUT2D eigenvalue weighted by atomic mass is 10.6. The minimum Gasteiger partial charge on any atom is -0.336 e. The van der Waals surface area contributed by atoms with Gasteiger partial charge in [-0.25, -0.2) is 4.98 Å². The zero-order valence-corrected chi connectivity index (χ0v) is 8.77. The van der Waals surface area contributed by atoms with Gasteiger partial charge < -0.3 is 4.57 Å². The summed E-state index contributed by atoms with van der Waals surface area (Å²) in [6, 6.07) is 0. The quantitative estimate of drug-likeness (QED) is 0.797. The second kappa shape index (κ2) is 3.33. The maximum atomic E-state index is 4.21. The van der Waals surface area contributed by atoms with Gasteiger partial charge in [-0.1, -0.05) is 0 Å². The minimum absolute atomic E-state index is 0.703. The number of nitrogens with zero attached hydrogens (tertiary/aromatic N) is 4. The van der Waals surface area contributed by atoms with Crippen LogP contribution in [0.4, 0.5) is 0 Å². The Labute approximate surface area is 84.3 Å². The molecule has 2 aromatic heterocycles. The normalized spacial score (nSPS) is 10.6. The first-order valence-electron chi connectivity index (χ1n) is 3.90. The molecule has 13 heavy (non-hydrogen) atoms. The van der Waals surface area contributed by atoms with E-state index in [1.54, 1.807) is 12.4 Å². The van der Waals surface area contributed by atoms with Gasteiger partial charge in [0.25, 0.3) is 0 Å². The summed E-state index contributed by atoms with van der Waals surface area (Å²) in [5, 5.41) is 4.15. The number of aromatic nitrogens is 4. The van der Waals surface area contributed by atoms with Crippen LogP contribution in [0.5, 0.6) is 0 Å². The first-order valence-corrected chi connectivity index (χ1v) is 4.69. The van der Waals surface area contributed by atoms with Crippen LogP contribution in [0.15, 0.2) is 29.3 Å². The lowest BCUT2D eigenvalue weighted by molar-refractivity contribution is 0.631. The average Bonchev–Trinajstić information content (AvgIpc) is 2.64. The minimum atomic E-state index is 0.703. The van der Waals surface area contributed by atoms with Crippen LogP contribution in [0.1, 0.15) is 5.82 Å². The van der Waals surface area contributed by atoms with Crippen molar-refractivity contribution in [2.24, 2.45) is 7.05 Å². The summed E-state index contributed by atoms with van der Waals surface area (Å²) in [6.07, 6.45) is 7.40. The molecule has 0 fully saturated rings. The molecule has 5 heteroatoms. The Hall–Kier alpha value is -1.10. The summed E-state index contributed by atoms with van der Waals surface area (Å²) in [7, 11) is 1.97. The maximum absolute atomic E-state index is 4.21. The van der Waals surface area contributed by atoms with Crippen LogP contribution in [-0.2, 0) is 13.6 Å². The summed E-state index contributed by atoms with van der Waals surface area (Å²) in [4.78, 5) is 4.21. The molecule has 0 amide bonds. The fourth-order valence-electron chi connectivity index (χ4n) is 1.12. The van der Waals surface area contributed by atoms with Gasteiger partial charge in [0.15, 0.2) is 0 Å². The molecule has 0 aliphatic heterocycles. The Kier molecular flexibility index (Phi) is 2.18. The van der Waals surface area contributed by atoms with Crippen LogP contribution in [0.2, 0.25) is 0 Å². The van der Waals surface area contributed by atoms with Crippen molar-refractivity contribution < 1.29 is 0 Å². The van der Waals surface area contributed by atoms with E-state index in [-0.39, 0.29) is 0 Å². The van der Waals surface area contributed by atoms with Crippen molar-refractivity contribution in [3.8, 4) is 0 Å². The SMILES string of the molecule is Cn1ccnc1Cn1cc(Br)cn1. The third-order valence-corrected chi connectivity index (χ3v) is 2.24. The smallest absolute Gasteiger partial charge is 0.130 e. The summed E-state index contributed by atoms with van der Waals surface area (Å²) < 4.78 is 4.81. The number of rotatable bonds is 2. The first kappa shape index (κ1) is 8.50. The highest BCUT2D eigenvalue weighted by Crippen LogP contribution is 2.07. The molecule has 2 heterocycles. The van der Waals surface area contributed by atoms with E-state index >= 15 is 0 Å².